The van der Waals surface area contributed by atoms with E-state index in [1.165, 1.54) is 0 Å². The molecule has 0 aliphatic rings. The largest absolute Gasteiger partial charge is 0.497 e. The molecule has 0 aliphatic carbocycles. The number of aromatic nitrogens is 2. The fourth-order valence-electron chi connectivity index (χ4n) is 2.65. The molecule has 0 unspecified atom stereocenters. The van der Waals surface area contributed by atoms with Gasteiger partial charge in [0, 0.05) is 5.56 Å². The number of aryl methyl sites for hydroxylation is 1. The molecule has 0 fully saturated rings. The SMILES string of the molecule is COc1ccc(-n2nc(C(=O)O)cc2-c2ccc(OC)c(C)c2)cc1. The van der Waals surface area contributed by atoms with E-state index in [1.807, 2.05) is 37.3 Å². The summed E-state index contributed by atoms with van der Waals surface area (Å²) in [6.07, 6.45) is 0. The highest BCUT2D eigenvalue weighted by molar-refractivity contribution is 5.87. The average molecular weight is 338 g/mol. The monoisotopic (exact) mass is 338 g/mol. The fraction of sp³-hybridized carbons (Fsp3) is 0.158. The molecule has 1 aromatic heterocycles. The summed E-state index contributed by atoms with van der Waals surface area (Å²) in [5.41, 5.74) is 3.23. The molecule has 0 saturated carbocycles. The van der Waals surface area contributed by atoms with Gasteiger partial charge in [0.2, 0.25) is 0 Å². The Hall–Kier alpha value is -3.28. The van der Waals surface area contributed by atoms with Gasteiger partial charge in [0.05, 0.1) is 25.6 Å². The third-order valence-corrected chi connectivity index (χ3v) is 3.94. The lowest BCUT2D eigenvalue weighted by molar-refractivity contribution is 0.0690. The van der Waals surface area contributed by atoms with Crippen molar-refractivity contribution in [2.24, 2.45) is 0 Å². The van der Waals surface area contributed by atoms with Gasteiger partial charge in [-0.15, -0.1) is 0 Å². The summed E-state index contributed by atoms with van der Waals surface area (Å²) < 4.78 is 12.1. The average Bonchev–Trinajstić information content (AvgIpc) is 3.07. The molecule has 3 aromatic rings. The van der Waals surface area contributed by atoms with Crippen molar-refractivity contribution in [3.8, 4) is 28.4 Å². The molecular weight excluding hydrogens is 320 g/mol. The Morgan fingerprint density at radius 3 is 2.32 bits per heavy atom. The second-order valence-electron chi connectivity index (χ2n) is 5.51. The molecule has 6 heteroatoms. The predicted octanol–water partition coefficient (Wildman–Crippen LogP) is 3.56. The van der Waals surface area contributed by atoms with E-state index in [0.717, 1.165) is 28.3 Å². The van der Waals surface area contributed by atoms with Crippen LogP contribution in [0.15, 0.2) is 48.5 Å². The molecule has 3 rings (SSSR count). The summed E-state index contributed by atoms with van der Waals surface area (Å²) in [7, 11) is 3.21. The van der Waals surface area contributed by atoms with E-state index in [9.17, 15) is 9.90 Å². The highest BCUT2D eigenvalue weighted by Gasteiger charge is 2.16. The van der Waals surface area contributed by atoms with Crippen molar-refractivity contribution in [2.75, 3.05) is 14.2 Å². The van der Waals surface area contributed by atoms with Crippen LogP contribution in [0.1, 0.15) is 16.1 Å². The number of rotatable bonds is 5. The maximum absolute atomic E-state index is 11.4. The third kappa shape index (κ3) is 3.19. The van der Waals surface area contributed by atoms with Crippen LogP contribution in [0.4, 0.5) is 0 Å². The van der Waals surface area contributed by atoms with Gasteiger partial charge in [-0.05, 0) is 61.0 Å². The van der Waals surface area contributed by atoms with Gasteiger partial charge in [-0.1, -0.05) is 0 Å². The summed E-state index contributed by atoms with van der Waals surface area (Å²) in [4.78, 5) is 11.4. The summed E-state index contributed by atoms with van der Waals surface area (Å²) in [5.74, 6) is 0.424. The molecule has 2 aromatic carbocycles. The molecule has 0 saturated heterocycles. The third-order valence-electron chi connectivity index (χ3n) is 3.94. The molecule has 0 radical (unpaired) electrons. The molecule has 0 atom stereocenters. The number of nitrogens with zero attached hydrogens (tertiary/aromatic N) is 2. The van der Waals surface area contributed by atoms with Gasteiger partial charge in [-0.25, -0.2) is 9.48 Å². The predicted molar refractivity (Wildman–Crippen MR) is 93.8 cm³/mol. The Bertz CT molecular complexity index is 914. The number of hydrogen-bond acceptors (Lipinski definition) is 4. The Balaban J connectivity index is 2.14. The van der Waals surface area contributed by atoms with Gasteiger partial charge in [-0.3, -0.25) is 0 Å². The minimum absolute atomic E-state index is 0.0145. The van der Waals surface area contributed by atoms with Crippen LogP contribution in [0.25, 0.3) is 16.9 Å². The van der Waals surface area contributed by atoms with E-state index < -0.39 is 5.97 Å². The van der Waals surface area contributed by atoms with Gasteiger partial charge < -0.3 is 14.6 Å². The van der Waals surface area contributed by atoms with E-state index in [2.05, 4.69) is 5.10 Å². The Labute approximate surface area is 145 Å². The van der Waals surface area contributed by atoms with E-state index in [0.29, 0.717) is 5.69 Å². The van der Waals surface area contributed by atoms with Crippen LogP contribution in [0.5, 0.6) is 11.5 Å². The zero-order valence-corrected chi connectivity index (χ0v) is 14.2. The van der Waals surface area contributed by atoms with Crippen LogP contribution in [0.2, 0.25) is 0 Å². The summed E-state index contributed by atoms with van der Waals surface area (Å²) in [5, 5.41) is 13.5. The van der Waals surface area contributed by atoms with Crippen LogP contribution in [-0.4, -0.2) is 35.1 Å². The quantitative estimate of drug-likeness (QED) is 0.770. The second-order valence-corrected chi connectivity index (χ2v) is 5.51. The molecule has 25 heavy (non-hydrogen) atoms. The highest BCUT2D eigenvalue weighted by atomic mass is 16.5. The van der Waals surface area contributed by atoms with Crippen molar-refractivity contribution < 1.29 is 19.4 Å². The van der Waals surface area contributed by atoms with Crippen molar-refractivity contribution in [3.05, 3.63) is 59.8 Å². The topological polar surface area (TPSA) is 73.6 Å². The normalized spacial score (nSPS) is 10.5. The molecule has 6 nitrogen and oxygen atoms in total. The fourth-order valence-corrected chi connectivity index (χ4v) is 2.65. The number of carboxylic acids is 1. The van der Waals surface area contributed by atoms with Crippen molar-refractivity contribution in [3.63, 3.8) is 0 Å². The molecule has 128 valence electrons. The summed E-state index contributed by atoms with van der Waals surface area (Å²) >= 11 is 0. The number of methoxy groups -OCH3 is 2. The van der Waals surface area contributed by atoms with Gasteiger partial charge >= 0.3 is 5.97 Å². The maximum atomic E-state index is 11.4. The van der Waals surface area contributed by atoms with Gasteiger partial charge in [0.1, 0.15) is 11.5 Å². The number of benzene rings is 2. The van der Waals surface area contributed by atoms with Crippen molar-refractivity contribution in [1.29, 1.82) is 0 Å². The second kappa shape index (κ2) is 6.68. The number of ether oxygens (including phenoxy) is 2. The van der Waals surface area contributed by atoms with Gasteiger partial charge in [-0.2, -0.15) is 5.10 Å². The van der Waals surface area contributed by atoms with Crippen LogP contribution in [-0.2, 0) is 0 Å². The molecule has 1 N–H and O–H groups in total. The Morgan fingerprint density at radius 1 is 1.04 bits per heavy atom. The minimum Gasteiger partial charge on any atom is -0.497 e. The lowest BCUT2D eigenvalue weighted by Crippen LogP contribution is -2.02. The van der Waals surface area contributed by atoms with Crippen molar-refractivity contribution in [1.82, 2.24) is 9.78 Å². The van der Waals surface area contributed by atoms with E-state index >= 15 is 0 Å². The first-order valence-corrected chi connectivity index (χ1v) is 7.66. The Morgan fingerprint density at radius 2 is 1.76 bits per heavy atom. The summed E-state index contributed by atoms with van der Waals surface area (Å²) in [6.45, 7) is 1.94. The number of carbonyl (C=O) groups is 1. The first kappa shape index (κ1) is 16.6. The number of carboxylic acid groups (broad SMARTS) is 1. The highest BCUT2D eigenvalue weighted by Crippen LogP contribution is 2.29. The standard InChI is InChI=1S/C19H18N2O4/c1-12-10-13(4-9-18(12)25-3)17-11-16(19(22)23)20-21(17)14-5-7-15(24-2)8-6-14/h4-11H,1-3H3,(H,22,23). The minimum atomic E-state index is -1.07. The van der Waals surface area contributed by atoms with E-state index in [1.54, 1.807) is 37.1 Å². The smallest absolute Gasteiger partial charge is 0.356 e. The molecule has 1 heterocycles. The molecule has 0 aliphatic heterocycles. The van der Waals surface area contributed by atoms with Crippen LogP contribution < -0.4 is 9.47 Å². The first-order valence-electron chi connectivity index (χ1n) is 7.66. The van der Waals surface area contributed by atoms with Gasteiger partial charge in [0.15, 0.2) is 5.69 Å². The van der Waals surface area contributed by atoms with Crippen LogP contribution in [0.3, 0.4) is 0 Å². The molecular formula is C19H18N2O4. The summed E-state index contributed by atoms with van der Waals surface area (Å²) in [6, 6.07) is 14.5. The van der Waals surface area contributed by atoms with Crippen LogP contribution >= 0.6 is 0 Å². The maximum Gasteiger partial charge on any atom is 0.356 e. The lowest BCUT2D eigenvalue weighted by Gasteiger charge is -2.10. The molecule has 0 bridgehead atoms. The zero-order chi connectivity index (χ0) is 18.0. The number of aromatic carboxylic acids is 1. The van der Waals surface area contributed by atoms with Crippen LogP contribution in [0, 0.1) is 6.92 Å². The lowest BCUT2D eigenvalue weighted by atomic mass is 10.1. The zero-order valence-electron chi connectivity index (χ0n) is 14.2. The van der Waals surface area contributed by atoms with E-state index in [-0.39, 0.29) is 5.69 Å². The van der Waals surface area contributed by atoms with Crippen molar-refractivity contribution in [2.45, 2.75) is 6.92 Å². The molecule has 0 amide bonds. The number of hydrogen-bond donors (Lipinski definition) is 1. The van der Waals surface area contributed by atoms with Crippen molar-refractivity contribution >= 4 is 5.97 Å². The van der Waals surface area contributed by atoms with Gasteiger partial charge in [0.25, 0.3) is 0 Å². The first-order chi connectivity index (χ1) is 12.0. The van der Waals surface area contributed by atoms with E-state index in [4.69, 9.17) is 9.47 Å². The molecule has 0 spiro atoms. The Kier molecular flexibility index (Phi) is 4.43.